The minimum Gasteiger partial charge on any atom is -0.461 e. The fourth-order valence-corrected chi connectivity index (χ4v) is 1.44. The van der Waals surface area contributed by atoms with Gasteiger partial charge in [-0.2, -0.15) is 0 Å². The third kappa shape index (κ3) is 0.959. The van der Waals surface area contributed by atoms with Crippen molar-refractivity contribution in [3.63, 3.8) is 0 Å². The van der Waals surface area contributed by atoms with Gasteiger partial charge in [-0.1, -0.05) is 15.9 Å². The van der Waals surface area contributed by atoms with Crippen molar-refractivity contribution in [2.24, 2.45) is 0 Å². The van der Waals surface area contributed by atoms with Crippen LogP contribution in [0.5, 0.6) is 0 Å². The SMILES string of the molecule is Fc1ccc(Br)c2ccoc12. The molecule has 2 rings (SSSR count). The molecule has 56 valence electrons. The quantitative estimate of drug-likeness (QED) is 0.656. The van der Waals surface area contributed by atoms with E-state index in [2.05, 4.69) is 15.9 Å². The lowest BCUT2D eigenvalue weighted by atomic mass is 10.2. The Bertz CT molecular complexity index is 358. The average Bonchev–Trinajstić information content (AvgIpc) is 2.45. The molecule has 1 heterocycles. The molecule has 0 aliphatic carbocycles. The largest absolute Gasteiger partial charge is 0.461 e. The average molecular weight is 215 g/mol. The molecule has 0 saturated heterocycles. The van der Waals surface area contributed by atoms with Crippen molar-refractivity contribution in [1.29, 1.82) is 0 Å². The van der Waals surface area contributed by atoms with Crippen LogP contribution in [0.25, 0.3) is 11.0 Å². The minimum atomic E-state index is -0.326. The second kappa shape index (κ2) is 2.34. The van der Waals surface area contributed by atoms with Crippen molar-refractivity contribution in [3.05, 3.63) is 34.8 Å². The Morgan fingerprint density at radius 1 is 1.27 bits per heavy atom. The van der Waals surface area contributed by atoms with Crippen LogP contribution >= 0.6 is 15.9 Å². The van der Waals surface area contributed by atoms with Crippen LogP contribution in [0, 0.1) is 5.82 Å². The number of furan rings is 1. The lowest BCUT2D eigenvalue weighted by Gasteiger charge is -1.92. The molecular formula is C8H4BrFO. The number of fused-ring (bicyclic) bond motifs is 1. The van der Waals surface area contributed by atoms with E-state index in [9.17, 15) is 4.39 Å². The first-order valence-corrected chi connectivity index (χ1v) is 3.89. The first kappa shape index (κ1) is 6.85. The molecule has 0 amide bonds. The highest BCUT2D eigenvalue weighted by Crippen LogP contribution is 2.26. The first-order chi connectivity index (χ1) is 5.29. The summed E-state index contributed by atoms with van der Waals surface area (Å²) in [7, 11) is 0. The van der Waals surface area contributed by atoms with E-state index < -0.39 is 0 Å². The molecule has 0 atom stereocenters. The molecule has 0 fully saturated rings. The zero-order chi connectivity index (χ0) is 7.84. The summed E-state index contributed by atoms with van der Waals surface area (Å²) >= 11 is 3.28. The molecule has 3 heteroatoms. The normalized spacial score (nSPS) is 10.7. The third-order valence-corrected chi connectivity index (χ3v) is 2.21. The summed E-state index contributed by atoms with van der Waals surface area (Å²) in [5.74, 6) is -0.326. The summed E-state index contributed by atoms with van der Waals surface area (Å²) < 4.78 is 18.7. The summed E-state index contributed by atoms with van der Waals surface area (Å²) in [5, 5.41) is 0.769. The predicted molar refractivity (Wildman–Crippen MR) is 43.9 cm³/mol. The topological polar surface area (TPSA) is 13.1 Å². The molecule has 0 aliphatic rings. The summed E-state index contributed by atoms with van der Waals surface area (Å²) in [6, 6.07) is 4.76. The number of benzene rings is 1. The second-order valence-corrected chi connectivity index (χ2v) is 3.05. The fraction of sp³-hybridized carbons (Fsp3) is 0. The molecule has 11 heavy (non-hydrogen) atoms. The molecule has 1 nitrogen and oxygen atoms in total. The van der Waals surface area contributed by atoms with E-state index in [4.69, 9.17) is 4.42 Å². The van der Waals surface area contributed by atoms with E-state index >= 15 is 0 Å². The highest BCUT2D eigenvalue weighted by atomic mass is 79.9. The van der Waals surface area contributed by atoms with Gasteiger partial charge in [-0.3, -0.25) is 0 Å². The number of halogens is 2. The molecule has 1 aromatic heterocycles. The monoisotopic (exact) mass is 214 g/mol. The van der Waals surface area contributed by atoms with Crippen molar-refractivity contribution in [1.82, 2.24) is 0 Å². The molecule has 1 aromatic carbocycles. The van der Waals surface area contributed by atoms with Gasteiger partial charge >= 0.3 is 0 Å². The van der Waals surface area contributed by atoms with E-state index in [1.807, 2.05) is 0 Å². The zero-order valence-corrected chi connectivity index (χ0v) is 7.06. The fourth-order valence-electron chi connectivity index (χ4n) is 0.994. The van der Waals surface area contributed by atoms with Crippen LogP contribution < -0.4 is 0 Å². The summed E-state index contributed by atoms with van der Waals surface area (Å²) in [6.45, 7) is 0. The predicted octanol–water partition coefficient (Wildman–Crippen LogP) is 3.33. The Morgan fingerprint density at radius 2 is 2.09 bits per heavy atom. The van der Waals surface area contributed by atoms with Gasteiger partial charge < -0.3 is 4.42 Å². The molecular weight excluding hydrogens is 211 g/mol. The van der Waals surface area contributed by atoms with Gasteiger partial charge in [-0.15, -0.1) is 0 Å². The minimum absolute atomic E-state index is 0.305. The lowest BCUT2D eigenvalue weighted by Crippen LogP contribution is -1.74. The van der Waals surface area contributed by atoms with Gasteiger partial charge in [0.2, 0.25) is 0 Å². The number of hydrogen-bond acceptors (Lipinski definition) is 1. The Labute approximate surface area is 70.9 Å². The van der Waals surface area contributed by atoms with Crippen molar-refractivity contribution < 1.29 is 8.81 Å². The maximum Gasteiger partial charge on any atom is 0.170 e. The smallest absolute Gasteiger partial charge is 0.170 e. The van der Waals surface area contributed by atoms with Gasteiger partial charge in [0.25, 0.3) is 0 Å². The molecule has 0 saturated carbocycles. The van der Waals surface area contributed by atoms with Crippen LogP contribution in [0.1, 0.15) is 0 Å². The van der Waals surface area contributed by atoms with E-state index in [1.54, 1.807) is 12.1 Å². The Balaban J connectivity index is 2.96. The van der Waals surface area contributed by atoms with Crippen LogP contribution in [0.4, 0.5) is 4.39 Å². The van der Waals surface area contributed by atoms with E-state index in [0.717, 1.165) is 9.86 Å². The van der Waals surface area contributed by atoms with Crippen molar-refractivity contribution in [2.45, 2.75) is 0 Å². The summed E-state index contributed by atoms with van der Waals surface area (Å²) in [4.78, 5) is 0. The second-order valence-electron chi connectivity index (χ2n) is 2.19. The maximum atomic E-state index is 12.9. The molecule has 0 spiro atoms. The first-order valence-electron chi connectivity index (χ1n) is 3.10. The Morgan fingerprint density at radius 3 is 2.82 bits per heavy atom. The molecule has 0 radical (unpaired) electrons. The third-order valence-electron chi connectivity index (χ3n) is 1.52. The van der Waals surface area contributed by atoms with Crippen LogP contribution in [0.2, 0.25) is 0 Å². The van der Waals surface area contributed by atoms with Crippen LogP contribution in [-0.4, -0.2) is 0 Å². The van der Waals surface area contributed by atoms with Crippen LogP contribution in [0.15, 0.2) is 33.4 Å². The number of hydrogen-bond donors (Lipinski definition) is 0. The van der Waals surface area contributed by atoms with Crippen LogP contribution in [-0.2, 0) is 0 Å². The van der Waals surface area contributed by atoms with Crippen molar-refractivity contribution in [2.75, 3.05) is 0 Å². The Kier molecular flexibility index (Phi) is 1.46. The highest BCUT2D eigenvalue weighted by molar-refractivity contribution is 9.10. The maximum absolute atomic E-state index is 12.9. The number of rotatable bonds is 0. The zero-order valence-electron chi connectivity index (χ0n) is 5.47. The van der Waals surface area contributed by atoms with E-state index in [-0.39, 0.29) is 5.82 Å². The molecule has 0 N–H and O–H groups in total. The van der Waals surface area contributed by atoms with E-state index in [0.29, 0.717) is 5.58 Å². The van der Waals surface area contributed by atoms with Crippen LogP contribution in [0.3, 0.4) is 0 Å². The highest BCUT2D eigenvalue weighted by Gasteiger charge is 2.05. The molecule has 0 unspecified atom stereocenters. The van der Waals surface area contributed by atoms with Gasteiger partial charge in [0.1, 0.15) is 0 Å². The Hall–Kier alpha value is -0.830. The van der Waals surface area contributed by atoms with Crippen molar-refractivity contribution >= 4 is 26.9 Å². The summed E-state index contributed by atoms with van der Waals surface area (Å²) in [6.07, 6.45) is 1.47. The molecule has 0 bridgehead atoms. The van der Waals surface area contributed by atoms with Gasteiger partial charge in [-0.05, 0) is 18.2 Å². The standard InChI is InChI=1S/C8H4BrFO/c9-6-1-2-7(10)8-5(6)3-4-11-8/h1-4H. The van der Waals surface area contributed by atoms with Gasteiger partial charge in [0.05, 0.1) is 6.26 Å². The lowest BCUT2D eigenvalue weighted by molar-refractivity contribution is 0.560. The van der Waals surface area contributed by atoms with Gasteiger partial charge in [-0.25, -0.2) is 4.39 Å². The van der Waals surface area contributed by atoms with Gasteiger partial charge in [0.15, 0.2) is 11.4 Å². The van der Waals surface area contributed by atoms with E-state index in [1.165, 1.54) is 12.3 Å². The van der Waals surface area contributed by atoms with Gasteiger partial charge in [0, 0.05) is 9.86 Å². The molecule has 0 aliphatic heterocycles. The van der Waals surface area contributed by atoms with Crippen molar-refractivity contribution in [3.8, 4) is 0 Å². The summed E-state index contributed by atoms with van der Waals surface area (Å²) in [5.41, 5.74) is 0.305. The molecule has 2 aromatic rings.